The average molecular weight is 366 g/mol. The summed E-state index contributed by atoms with van der Waals surface area (Å²) in [6.45, 7) is 10.2. The van der Waals surface area contributed by atoms with E-state index in [4.69, 9.17) is 11.6 Å². The number of carbonyl (C=O) groups is 1. The van der Waals surface area contributed by atoms with Gasteiger partial charge in [0.25, 0.3) is 0 Å². The van der Waals surface area contributed by atoms with Crippen molar-refractivity contribution in [2.24, 2.45) is 5.92 Å². The monoisotopic (exact) mass is 365 g/mol. The Labute approximate surface area is 157 Å². The lowest BCUT2D eigenvalue weighted by Gasteiger charge is -2.45. The quantitative estimate of drug-likeness (QED) is 0.775. The molecule has 140 valence electrons. The number of nitrogens with zero attached hydrogens (tertiary/aromatic N) is 3. The number of carbonyl (C=O) groups excluding carboxylic acids is 1. The molecular weight excluding hydrogens is 334 g/mol. The van der Waals surface area contributed by atoms with Crippen molar-refractivity contribution in [1.29, 1.82) is 0 Å². The topological polar surface area (TPSA) is 26.8 Å². The minimum atomic E-state index is -0.00565. The van der Waals surface area contributed by atoms with Crippen LogP contribution < -0.4 is 0 Å². The van der Waals surface area contributed by atoms with Crippen molar-refractivity contribution in [3.63, 3.8) is 0 Å². The molecule has 1 saturated heterocycles. The zero-order chi connectivity index (χ0) is 18.6. The van der Waals surface area contributed by atoms with Crippen LogP contribution in [0.5, 0.6) is 0 Å². The fraction of sp³-hybridized carbons (Fsp3) is 0.650. The third kappa shape index (κ3) is 5.70. The van der Waals surface area contributed by atoms with Crippen LogP contribution in [0.15, 0.2) is 24.3 Å². The number of piperazine rings is 1. The van der Waals surface area contributed by atoms with Crippen molar-refractivity contribution >= 4 is 17.5 Å². The largest absolute Gasteiger partial charge is 0.339 e. The van der Waals surface area contributed by atoms with Gasteiger partial charge in [-0.25, -0.2) is 0 Å². The number of amides is 1. The first-order chi connectivity index (χ1) is 11.8. The molecule has 0 N–H and O–H groups in total. The predicted molar refractivity (Wildman–Crippen MR) is 105 cm³/mol. The molecule has 5 heteroatoms. The Hall–Kier alpha value is -1.10. The van der Waals surface area contributed by atoms with Crippen LogP contribution >= 0.6 is 11.6 Å². The van der Waals surface area contributed by atoms with Gasteiger partial charge < -0.3 is 9.80 Å². The predicted octanol–water partition coefficient (Wildman–Crippen LogP) is 3.00. The Morgan fingerprint density at radius 3 is 2.28 bits per heavy atom. The SMILES string of the molecule is CC(Cc1ccc(Cl)cc1)C(=O)N1CC(C)N(CCN(C)C)C(C)C1. The lowest BCUT2D eigenvalue weighted by atomic mass is 9.98. The van der Waals surface area contributed by atoms with Crippen molar-refractivity contribution in [3.05, 3.63) is 34.9 Å². The summed E-state index contributed by atoms with van der Waals surface area (Å²) < 4.78 is 0. The Morgan fingerprint density at radius 1 is 1.20 bits per heavy atom. The van der Waals surface area contributed by atoms with Crippen molar-refractivity contribution in [1.82, 2.24) is 14.7 Å². The first kappa shape index (κ1) is 20.2. The van der Waals surface area contributed by atoms with E-state index in [0.717, 1.165) is 43.2 Å². The first-order valence-electron chi connectivity index (χ1n) is 9.21. The molecule has 1 aromatic carbocycles. The van der Waals surface area contributed by atoms with E-state index >= 15 is 0 Å². The molecule has 0 aliphatic carbocycles. The highest BCUT2D eigenvalue weighted by molar-refractivity contribution is 6.30. The van der Waals surface area contributed by atoms with Gasteiger partial charge in [0.2, 0.25) is 5.91 Å². The molecule has 3 unspecified atom stereocenters. The molecule has 1 aromatic rings. The third-order valence-electron chi connectivity index (χ3n) is 5.10. The molecule has 1 aliphatic rings. The lowest BCUT2D eigenvalue weighted by Crippen LogP contribution is -2.59. The average Bonchev–Trinajstić information content (AvgIpc) is 2.55. The van der Waals surface area contributed by atoms with Crippen LogP contribution in [0.4, 0.5) is 0 Å². The second-order valence-electron chi connectivity index (χ2n) is 7.71. The molecular formula is C20H32ClN3O. The Balaban J connectivity index is 1.92. The molecule has 1 aliphatic heterocycles. The lowest BCUT2D eigenvalue weighted by molar-refractivity contribution is -0.139. The van der Waals surface area contributed by atoms with E-state index in [0.29, 0.717) is 12.1 Å². The van der Waals surface area contributed by atoms with Crippen molar-refractivity contribution in [2.45, 2.75) is 39.3 Å². The summed E-state index contributed by atoms with van der Waals surface area (Å²) in [7, 11) is 4.21. The van der Waals surface area contributed by atoms with E-state index in [1.165, 1.54) is 0 Å². The van der Waals surface area contributed by atoms with Gasteiger partial charge in [-0.3, -0.25) is 9.69 Å². The number of hydrogen-bond donors (Lipinski definition) is 0. The van der Waals surface area contributed by atoms with Gasteiger partial charge in [-0.05, 0) is 52.1 Å². The summed E-state index contributed by atoms with van der Waals surface area (Å²) in [6, 6.07) is 8.60. The maximum atomic E-state index is 12.9. The molecule has 0 aromatic heterocycles. The fourth-order valence-corrected chi connectivity index (χ4v) is 3.79. The molecule has 1 fully saturated rings. The zero-order valence-electron chi connectivity index (χ0n) is 16.2. The van der Waals surface area contributed by atoms with Crippen LogP contribution in [0.1, 0.15) is 26.3 Å². The smallest absolute Gasteiger partial charge is 0.225 e. The van der Waals surface area contributed by atoms with Gasteiger partial charge in [0, 0.05) is 49.2 Å². The van der Waals surface area contributed by atoms with Crippen molar-refractivity contribution in [2.75, 3.05) is 40.3 Å². The minimum Gasteiger partial charge on any atom is -0.339 e. The maximum absolute atomic E-state index is 12.9. The number of hydrogen-bond acceptors (Lipinski definition) is 3. The van der Waals surface area contributed by atoms with E-state index in [9.17, 15) is 4.79 Å². The number of benzene rings is 1. The normalized spacial score (nSPS) is 23.1. The molecule has 0 bridgehead atoms. The maximum Gasteiger partial charge on any atom is 0.225 e. The highest BCUT2D eigenvalue weighted by Crippen LogP contribution is 2.20. The molecule has 4 nitrogen and oxygen atoms in total. The summed E-state index contributed by atoms with van der Waals surface area (Å²) >= 11 is 5.94. The van der Waals surface area contributed by atoms with E-state index in [1.807, 2.05) is 31.2 Å². The molecule has 0 saturated carbocycles. The van der Waals surface area contributed by atoms with E-state index in [2.05, 4.69) is 42.6 Å². The van der Waals surface area contributed by atoms with Crippen LogP contribution in [-0.4, -0.2) is 73.0 Å². The van der Waals surface area contributed by atoms with E-state index < -0.39 is 0 Å². The van der Waals surface area contributed by atoms with Crippen molar-refractivity contribution in [3.8, 4) is 0 Å². The first-order valence-corrected chi connectivity index (χ1v) is 9.59. The number of likely N-dealkylation sites (N-methyl/N-ethyl adjacent to an activating group) is 1. The third-order valence-corrected chi connectivity index (χ3v) is 5.35. The second-order valence-corrected chi connectivity index (χ2v) is 8.15. The zero-order valence-corrected chi connectivity index (χ0v) is 17.0. The van der Waals surface area contributed by atoms with Crippen LogP contribution in [0.25, 0.3) is 0 Å². The molecule has 25 heavy (non-hydrogen) atoms. The number of halogens is 1. The molecule has 3 atom stereocenters. The second kappa shape index (κ2) is 9.02. The molecule has 0 radical (unpaired) electrons. The van der Waals surface area contributed by atoms with Crippen LogP contribution in [0.2, 0.25) is 5.02 Å². The minimum absolute atomic E-state index is 0.00565. The summed E-state index contributed by atoms with van der Waals surface area (Å²) in [6.07, 6.45) is 0.763. The van der Waals surface area contributed by atoms with Gasteiger partial charge in [0.05, 0.1) is 0 Å². The van der Waals surface area contributed by atoms with Gasteiger partial charge >= 0.3 is 0 Å². The molecule has 1 amide bonds. The van der Waals surface area contributed by atoms with Crippen LogP contribution in [0, 0.1) is 5.92 Å². The van der Waals surface area contributed by atoms with Gasteiger partial charge in [0.15, 0.2) is 0 Å². The molecule has 1 heterocycles. The fourth-order valence-electron chi connectivity index (χ4n) is 3.67. The Kier molecular flexibility index (Phi) is 7.29. The summed E-state index contributed by atoms with van der Waals surface area (Å²) in [4.78, 5) is 19.7. The van der Waals surface area contributed by atoms with Crippen LogP contribution in [0.3, 0.4) is 0 Å². The highest BCUT2D eigenvalue weighted by Gasteiger charge is 2.33. The molecule has 2 rings (SSSR count). The summed E-state index contributed by atoms with van der Waals surface area (Å²) in [5.74, 6) is 0.259. The summed E-state index contributed by atoms with van der Waals surface area (Å²) in [5.41, 5.74) is 1.16. The number of rotatable bonds is 6. The van der Waals surface area contributed by atoms with E-state index in [1.54, 1.807) is 0 Å². The Bertz CT molecular complexity index is 549. The summed E-state index contributed by atoms with van der Waals surface area (Å²) in [5, 5.41) is 0.735. The van der Waals surface area contributed by atoms with Gasteiger partial charge in [-0.2, -0.15) is 0 Å². The van der Waals surface area contributed by atoms with Crippen molar-refractivity contribution < 1.29 is 4.79 Å². The van der Waals surface area contributed by atoms with E-state index in [-0.39, 0.29) is 11.8 Å². The van der Waals surface area contributed by atoms with Gasteiger partial charge in [-0.15, -0.1) is 0 Å². The van der Waals surface area contributed by atoms with Gasteiger partial charge in [-0.1, -0.05) is 30.7 Å². The highest BCUT2D eigenvalue weighted by atomic mass is 35.5. The van der Waals surface area contributed by atoms with Crippen LogP contribution in [-0.2, 0) is 11.2 Å². The van der Waals surface area contributed by atoms with Gasteiger partial charge in [0.1, 0.15) is 0 Å². The molecule has 0 spiro atoms. The standard InChI is InChI=1S/C20H32ClN3O/c1-15(12-18-6-8-19(21)9-7-18)20(25)23-13-16(2)24(17(3)14-23)11-10-22(4)5/h6-9,15-17H,10-14H2,1-5H3. The Morgan fingerprint density at radius 2 is 1.76 bits per heavy atom.